The van der Waals surface area contributed by atoms with Crippen molar-refractivity contribution >= 4 is 34.1 Å². The molecule has 0 spiro atoms. The first-order chi connectivity index (χ1) is 12.0. The van der Waals surface area contributed by atoms with Crippen LogP contribution in [0.5, 0.6) is 0 Å². The maximum atomic E-state index is 12.2. The first-order valence-corrected chi connectivity index (χ1v) is 9.30. The van der Waals surface area contributed by atoms with Crippen LogP contribution in [-0.4, -0.2) is 72.8 Å². The molecule has 1 aromatic heterocycles. The largest absolute Gasteiger partial charge is 0.366 e. The second kappa shape index (κ2) is 7.94. The van der Waals surface area contributed by atoms with E-state index in [0.29, 0.717) is 23.2 Å². The Morgan fingerprint density at radius 1 is 1.08 bits per heavy atom. The summed E-state index contributed by atoms with van der Waals surface area (Å²) in [7, 11) is 0. The Bertz CT molecular complexity index is 650. The Morgan fingerprint density at radius 3 is 2.24 bits per heavy atom. The highest BCUT2D eigenvalue weighted by atomic mass is 32.1. The van der Waals surface area contributed by atoms with Gasteiger partial charge >= 0.3 is 0 Å². The topological polar surface area (TPSA) is 108 Å². The van der Waals surface area contributed by atoms with Crippen LogP contribution in [0.15, 0.2) is 11.4 Å². The summed E-state index contributed by atoms with van der Waals surface area (Å²) < 4.78 is 0. The molecule has 0 atom stereocenters. The molecular formula is C16H23N5O3S. The number of carbonyl (C=O) groups is 3. The lowest BCUT2D eigenvalue weighted by atomic mass is 10.3. The van der Waals surface area contributed by atoms with Crippen LogP contribution in [0, 0.1) is 0 Å². The molecule has 1 aliphatic carbocycles. The molecule has 25 heavy (non-hydrogen) atoms. The van der Waals surface area contributed by atoms with Crippen LogP contribution in [0.25, 0.3) is 0 Å². The van der Waals surface area contributed by atoms with Crippen LogP contribution in [0.4, 0.5) is 5.00 Å². The highest BCUT2D eigenvalue weighted by Crippen LogP contribution is 2.22. The second-order valence-electron chi connectivity index (χ2n) is 6.47. The van der Waals surface area contributed by atoms with Gasteiger partial charge in [0.05, 0.1) is 18.7 Å². The third kappa shape index (κ3) is 5.25. The lowest BCUT2D eigenvalue weighted by Crippen LogP contribution is -2.51. The Labute approximate surface area is 150 Å². The average molecular weight is 365 g/mol. The summed E-state index contributed by atoms with van der Waals surface area (Å²) in [4.78, 5) is 39.4. The third-order valence-corrected chi connectivity index (χ3v) is 5.16. The fourth-order valence-corrected chi connectivity index (χ4v) is 3.59. The van der Waals surface area contributed by atoms with E-state index in [1.165, 1.54) is 11.3 Å². The second-order valence-corrected chi connectivity index (χ2v) is 7.39. The van der Waals surface area contributed by atoms with Gasteiger partial charge in [0, 0.05) is 32.2 Å². The van der Waals surface area contributed by atoms with Crippen molar-refractivity contribution in [2.24, 2.45) is 5.73 Å². The van der Waals surface area contributed by atoms with Crippen molar-refractivity contribution in [3.8, 4) is 0 Å². The van der Waals surface area contributed by atoms with Gasteiger partial charge in [0.15, 0.2) is 0 Å². The number of hydrogen-bond donors (Lipinski definition) is 3. The molecule has 2 aliphatic rings. The van der Waals surface area contributed by atoms with Gasteiger partial charge in [-0.15, -0.1) is 11.3 Å². The van der Waals surface area contributed by atoms with Gasteiger partial charge in [-0.05, 0) is 24.3 Å². The first-order valence-electron chi connectivity index (χ1n) is 8.42. The number of nitrogens with zero attached hydrogens (tertiary/aromatic N) is 2. The number of anilines is 1. The van der Waals surface area contributed by atoms with E-state index in [1.54, 1.807) is 11.4 Å². The number of carbonyl (C=O) groups excluding carboxylic acids is 3. The highest BCUT2D eigenvalue weighted by molar-refractivity contribution is 7.14. The summed E-state index contributed by atoms with van der Waals surface area (Å²) in [6.07, 6.45) is 2.19. The SMILES string of the molecule is NC(=O)c1ccsc1NC(=O)CN1CCN(CC(=O)NC2CC2)CC1. The molecule has 9 heteroatoms. The normalized spacial score (nSPS) is 18.7. The van der Waals surface area contributed by atoms with Crippen LogP contribution in [0.3, 0.4) is 0 Å². The molecule has 1 aliphatic heterocycles. The van der Waals surface area contributed by atoms with Crippen molar-refractivity contribution in [2.45, 2.75) is 18.9 Å². The van der Waals surface area contributed by atoms with Crippen LogP contribution < -0.4 is 16.4 Å². The van der Waals surface area contributed by atoms with Crippen molar-refractivity contribution in [3.05, 3.63) is 17.0 Å². The summed E-state index contributed by atoms with van der Waals surface area (Å²) in [5.74, 6) is -0.620. The van der Waals surface area contributed by atoms with Gasteiger partial charge in [0.2, 0.25) is 11.8 Å². The standard InChI is InChI=1S/C16H23N5O3S/c17-15(24)12-3-8-25-16(12)19-14(23)10-21-6-4-20(5-7-21)9-13(22)18-11-1-2-11/h3,8,11H,1-2,4-7,9-10H2,(H2,17,24)(H,18,22)(H,19,23). The van der Waals surface area contributed by atoms with Gasteiger partial charge in [-0.3, -0.25) is 24.2 Å². The van der Waals surface area contributed by atoms with Crippen molar-refractivity contribution in [3.63, 3.8) is 0 Å². The Hall–Kier alpha value is -1.97. The van der Waals surface area contributed by atoms with E-state index < -0.39 is 5.91 Å². The molecule has 0 radical (unpaired) electrons. The first kappa shape index (κ1) is 17.8. The van der Waals surface area contributed by atoms with Gasteiger partial charge in [-0.2, -0.15) is 0 Å². The number of primary amides is 1. The molecule has 4 N–H and O–H groups in total. The number of amides is 3. The molecule has 3 rings (SSSR count). The fourth-order valence-electron chi connectivity index (χ4n) is 2.78. The molecule has 1 saturated heterocycles. The Balaban J connectivity index is 1.39. The molecule has 2 heterocycles. The molecular weight excluding hydrogens is 342 g/mol. The summed E-state index contributed by atoms with van der Waals surface area (Å²) in [5, 5.41) is 7.96. The minimum absolute atomic E-state index is 0.0883. The molecule has 1 aromatic rings. The third-order valence-electron chi connectivity index (χ3n) is 4.33. The van der Waals surface area contributed by atoms with Crippen LogP contribution in [-0.2, 0) is 9.59 Å². The van der Waals surface area contributed by atoms with Crippen molar-refractivity contribution < 1.29 is 14.4 Å². The minimum atomic E-state index is -0.547. The summed E-state index contributed by atoms with van der Waals surface area (Å²) >= 11 is 1.28. The molecule has 2 fully saturated rings. The van der Waals surface area contributed by atoms with E-state index in [2.05, 4.69) is 15.5 Å². The number of nitrogens with one attached hydrogen (secondary N) is 2. The average Bonchev–Trinajstić information content (AvgIpc) is 3.24. The molecule has 3 amide bonds. The highest BCUT2D eigenvalue weighted by Gasteiger charge is 2.25. The maximum absolute atomic E-state index is 12.2. The molecule has 0 bridgehead atoms. The van der Waals surface area contributed by atoms with E-state index in [1.807, 2.05) is 4.90 Å². The van der Waals surface area contributed by atoms with Gasteiger partial charge in [-0.25, -0.2) is 0 Å². The predicted octanol–water partition coefficient (Wildman–Crippen LogP) is -0.318. The zero-order chi connectivity index (χ0) is 17.8. The van der Waals surface area contributed by atoms with Crippen LogP contribution >= 0.6 is 11.3 Å². The van der Waals surface area contributed by atoms with Crippen molar-refractivity contribution in [1.82, 2.24) is 15.1 Å². The maximum Gasteiger partial charge on any atom is 0.251 e. The van der Waals surface area contributed by atoms with Gasteiger partial charge in [-0.1, -0.05) is 0 Å². The smallest absolute Gasteiger partial charge is 0.251 e. The molecule has 0 aromatic carbocycles. The van der Waals surface area contributed by atoms with Crippen molar-refractivity contribution in [1.29, 1.82) is 0 Å². The van der Waals surface area contributed by atoms with Gasteiger partial charge in [0.25, 0.3) is 5.91 Å². The van der Waals surface area contributed by atoms with Crippen LogP contribution in [0.2, 0.25) is 0 Å². The van der Waals surface area contributed by atoms with E-state index >= 15 is 0 Å². The predicted molar refractivity (Wildman–Crippen MR) is 95.5 cm³/mol. The van der Waals surface area contributed by atoms with Crippen molar-refractivity contribution in [2.75, 3.05) is 44.6 Å². The quantitative estimate of drug-likeness (QED) is 0.614. The molecule has 0 unspecified atom stereocenters. The summed E-state index contributed by atoms with van der Waals surface area (Å²) in [5.41, 5.74) is 5.61. The number of rotatable bonds is 7. The molecule has 1 saturated carbocycles. The number of piperazine rings is 1. The zero-order valence-corrected chi connectivity index (χ0v) is 14.8. The lowest BCUT2D eigenvalue weighted by Gasteiger charge is -2.33. The zero-order valence-electron chi connectivity index (χ0n) is 14.0. The van der Waals surface area contributed by atoms with Crippen LogP contribution in [0.1, 0.15) is 23.2 Å². The van der Waals surface area contributed by atoms with Gasteiger partial charge in [0.1, 0.15) is 5.00 Å². The number of hydrogen-bond acceptors (Lipinski definition) is 6. The molecule has 8 nitrogen and oxygen atoms in total. The van der Waals surface area contributed by atoms with E-state index in [-0.39, 0.29) is 18.4 Å². The fraction of sp³-hybridized carbons (Fsp3) is 0.562. The molecule has 136 valence electrons. The minimum Gasteiger partial charge on any atom is -0.366 e. The summed E-state index contributed by atoms with van der Waals surface area (Å²) in [6.45, 7) is 3.67. The number of nitrogens with two attached hydrogens (primary N) is 1. The monoisotopic (exact) mass is 365 g/mol. The van der Waals surface area contributed by atoms with Gasteiger partial charge < -0.3 is 16.4 Å². The summed E-state index contributed by atoms with van der Waals surface area (Å²) in [6, 6.07) is 1.99. The van der Waals surface area contributed by atoms with E-state index in [0.717, 1.165) is 39.0 Å². The Kier molecular flexibility index (Phi) is 5.67. The lowest BCUT2D eigenvalue weighted by molar-refractivity contribution is -0.123. The van der Waals surface area contributed by atoms with E-state index in [9.17, 15) is 14.4 Å². The van der Waals surface area contributed by atoms with E-state index in [4.69, 9.17) is 5.73 Å². The Morgan fingerprint density at radius 2 is 1.68 bits per heavy atom. The number of thiophene rings is 1.